The summed E-state index contributed by atoms with van der Waals surface area (Å²) in [7, 11) is 1.46. The topological polar surface area (TPSA) is 110 Å². The number of hydrogen-bond donors (Lipinski definition) is 2. The van der Waals surface area contributed by atoms with Gasteiger partial charge in [-0.25, -0.2) is 4.99 Å². The minimum atomic E-state index is -0.422. The molecule has 3 aliphatic rings. The molecule has 4 rings (SSSR count). The number of nitrogens with two attached hydrogens (primary N) is 2. The van der Waals surface area contributed by atoms with Crippen LogP contribution in [0.5, 0.6) is 0 Å². The first kappa shape index (κ1) is 19.5. The van der Waals surface area contributed by atoms with Crippen LogP contribution in [-0.4, -0.2) is 43.8 Å². The van der Waals surface area contributed by atoms with E-state index in [2.05, 4.69) is 39.1 Å². The second-order valence-electron chi connectivity index (χ2n) is 8.12. The molecule has 2 fully saturated rings. The largest absolute Gasteiger partial charge is 0.469 e. The van der Waals surface area contributed by atoms with Gasteiger partial charge in [-0.3, -0.25) is 9.69 Å². The third-order valence-corrected chi connectivity index (χ3v) is 6.35. The van der Waals surface area contributed by atoms with Crippen molar-refractivity contribution in [2.24, 2.45) is 27.4 Å². The number of anilines is 2. The normalized spacial score (nSPS) is 22.2. The van der Waals surface area contributed by atoms with Crippen molar-refractivity contribution in [1.82, 2.24) is 0 Å². The third-order valence-electron chi connectivity index (χ3n) is 6.35. The van der Waals surface area contributed by atoms with Crippen LogP contribution >= 0.6 is 0 Å². The molecule has 8 nitrogen and oxygen atoms in total. The molecule has 29 heavy (non-hydrogen) atoms. The highest BCUT2D eigenvalue weighted by Crippen LogP contribution is 2.40. The van der Waals surface area contributed by atoms with Gasteiger partial charge in [-0.2, -0.15) is 4.99 Å². The zero-order valence-electron chi connectivity index (χ0n) is 17.0. The molecule has 0 unspecified atom stereocenters. The van der Waals surface area contributed by atoms with E-state index in [1.165, 1.54) is 13.5 Å². The predicted molar refractivity (Wildman–Crippen MR) is 115 cm³/mol. The van der Waals surface area contributed by atoms with Crippen LogP contribution in [0, 0.1) is 5.92 Å². The van der Waals surface area contributed by atoms with E-state index in [0.717, 1.165) is 63.0 Å². The van der Waals surface area contributed by atoms with Gasteiger partial charge >= 0.3 is 5.97 Å². The highest BCUT2D eigenvalue weighted by Gasteiger charge is 2.42. The van der Waals surface area contributed by atoms with E-state index < -0.39 is 5.66 Å². The van der Waals surface area contributed by atoms with Crippen molar-refractivity contribution in [2.75, 3.05) is 30.0 Å². The van der Waals surface area contributed by atoms with Crippen LogP contribution in [0.15, 0.2) is 34.3 Å². The number of carbonyl (C=O) groups excluding carboxylic acids is 1. The fraction of sp³-hybridized carbons (Fsp3) is 0.571. The number of methoxy groups -OCH3 is 1. The summed E-state index contributed by atoms with van der Waals surface area (Å²) in [6.45, 7) is 1.69. The lowest BCUT2D eigenvalue weighted by Gasteiger charge is -2.45. The number of carbonyl (C=O) groups is 1. The van der Waals surface area contributed by atoms with Crippen molar-refractivity contribution in [3.8, 4) is 0 Å². The lowest BCUT2D eigenvalue weighted by Crippen LogP contribution is -2.58. The standard InChI is InChI=1S/C21H30N6O2/c1-29-18(28)15-9-13-26(14-10-15)16-5-7-17(8-6-16)27-20(23)24-19(22)25-21(27)11-3-2-4-12-21/h5-8,15H,2-4,9-14H2,1H3,(H4,22,23,24,25). The second-order valence-corrected chi connectivity index (χ2v) is 8.12. The highest BCUT2D eigenvalue weighted by molar-refractivity contribution is 6.05. The minimum Gasteiger partial charge on any atom is -0.469 e. The van der Waals surface area contributed by atoms with Crippen LogP contribution in [0.4, 0.5) is 11.4 Å². The molecule has 1 aromatic rings. The van der Waals surface area contributed by atoms with Crippen molar-refractivity contribution in [3.05, 3.63) is 24.3 Å². The van der Waals surface area contributed by atoms with Crippen LogP contribution < -0.4 is 21.3 Å². The fourth-order valence-electron chi connectivity index (χ4n) is 4.85. The molecule has 1 aromatic carbocycles. The van der Waals surface area contributed by atoms with E-state index in [-0.39, 0.29) is 17.8 Å². The Labute approximate surface area is 171 Å². The molecule has 2 heterocycles. The zero-order valence-corrected chi connectivity index (χ0v) is 17.0. The Morgan fingerprint density at radius 3 is 2.31 bits per heavy atom. The fourth-order valence-corrected chi connectivity index (χ4v) is 4.85. The van der Waals surface area contributed by atoms with E-state index in [0.29, 0.717) is 5.96 Å². The number of aliphatic imine (C=N–C) groups is 2. The molecule has 0 radical (unpaired) electrons. The Hall–Kier alpha value is -2.77. The molecule has 1 saturated carbocycles. The van der Waals surface area contributed by atoms with Gasteiger partial charge in [0.05, 0.1) is 13.0 Å². The van der Waals surface area contributed by atoms with Gasteiger partial charge in [-0.1, -0.05) is 6.42 Å². The van der Waals surface area contributed by atoms with E-state index in [9.17, 15) is 4.79 Å². The van der Waals surface area contributed by atoms with Gasteiger partial charge in [0.1, 0.15) is 5.66 Å². The van der Waals surface area contributed by atoms with Crippen molar-refractivity contribution in [1.29, 1.82) is 0 Å². The molecule has 1 aliphatic carbocycles. The average Bonchev–Trinajstić information content (AvgIpc) is 2.74. The highest BCUT2D eigenvalue weighted by atomic mass is 16.5. The molecule has 0 bridgehead atoms. The molecule has 0 amide bonds. The number of piperidine rings is 1. The quantitative estimate of drug-likeness (QED) is 0.755. The number of guanidine groups is 2. The van der Waals surface area contributed by atoms with Gasteiger partial charge in [-0.15, -0.1) is 0 Å². The van der Waals surface area contributed by atoms with Crippen LogP contribution in [0.3, 0.4) is 0 Å². The molecule has 8 heteroatoms. The summed E-state index contributed by atoms with van der Waals surface area (Å²) in [6, 6.07) is 8.38. The SMILES string of the molecule is COC(=O)C1CCN(c2ccc(N3C(N)=NC(N)=NC34CCCCC4)cc2)CC1. The smallest absolute Gasteiger partial charge is 0.308 e. The van der Waals surface area contributed by atoms with Crippen molar-refractivity contribution < 1.29 is 9.53 Å². The Bertz CT molecular complexity index is 805. The molecule has 1 spiro atoms. The van der Waals surface area contributed by atoms with Crippen molar-refractivity contribution in [3.63, 3.8) is 0 Å². The van der Waals surface area contributed by atoms with Crippen LogP contribution in [0.25, 0.3) is 0 Å². The van der Waals surface area contributed by atoms with Gasteiger partial charge in [0.25, 0.3) is 0 Å². The predicted octanol–water partition coefficient (Wildman–Crippen LogP) is 2.19. The number of nitrogens with zero attached hydrogens (tertiary/aromatic N) is 4. The maximum absolute atomic E-state index is 11.7. The molecule has 4 N–H and O–H groups in total. The summed E-state index contributed by atoms with van der Waals surface area (Å²) in [5, 5.41) is 0. The van der Waals surface area contributed by atoms with Crippen LogP contribution in [-0.2, 0) is 9.53 Å². The molecular weight excluding hydrogens is 368 g/mol. The monoisotopic (exact) mass is 398 g/mol. The molecule has 1 saturated heterocycles. The van der Waals surface area contributed by atoms with Crippen molar-refractivity contribution in [2.45, 2.75) is 50.6 Å². The molecule has 2 aliphatic heterocycles. The van der Waals surface area contributed by atoms with Crippen molar-refractivity contribution >= 4 is 29.3 Å². The summed E-state index contributed by atoms with van der Waals surface area (Å²) in [5.74, 6) is 0.587. The summed E-state index contributed by atoms with van der Waals surface area (Å²) in [4.78, 5) is 25.1. The Morgan fingerprint density at radius 2 is 1.69 bits per heavy atom. The lowest BCUT2D eigenvalue weighted by atomic mass is 9.87. The van der Waals surface area contributed by atoms with Crippen LogP contribution in [0.1, 0.15) is 44.9 Å². The minimum absolute atomic E-state index is 0.00867. The number of rotatable bonds is 3. The van der Waals surface area contributed by atoms with Gasteiger partial charge in [0.2, 0.25) is 11.9 Å². The first-order chi connectivity index (χ1) is 14.0. The van der Waals surface area contributed by atoms with Gasteiger partial charge < -0.3 is 21.1 Å². The lowest BCUT2D eigenvalue weighted by molar-refractivity contribution is -0.146. The Kier molecular flexibility index (Phi) is 5.34. The number of ether oxygens (including phenoxy) is 1. The molecular formula is C21H30N6O2. The third kappa shape index (κ3) is 3.75. The summed E-state index contributed by atoms with van der Waals surface area (Å²) >= 11 is 0. The average molecular weight is 399 g/mol. The second kappa shape index (κ2) is 7.93. The number of benzene rings is 1. The Morgan fingerprint density at radius 1 is 1.07 bits per heavy atom. The maximum Gasteiger partial charge on any atom is 0.308 e. The van der Waals surface area contributed by atoms with E-state index in [4.69, 9.17) is 21.2 Å². The first-order valence-corrected chi connectivity index (χ1v) is 10.4. The summed E-state index contributed by atoms with van der Waals surface area (Å²) in [6.07, 6.45) is 6.90. The Balaban J connectivity index is 1.51. The van der Waals surface area contributed by atoms with Crippen LogP contribution in [0.2, 0.25) is 0 Å². The molecule has 0 atom stereocenters. The summed E-state index contributed by atoms with van der Waals surface area (Å²) < 4.78 is 4.88. The molecule has 156 valence electrons. The van der Waals surface area contributed by atoms with Gasteiger partial charge in [-0.05, 0) is 62.8 Å². The van der Waals surface area contributed by atoms with E-state index in [1.54, 1.807) is 0 Å². The maximum atomic E-state index is 11.7. The summed E-state index contributed by atoms with van der Waals surface area (Å²) in [5.41, 5.74) is 14.0. The van der Waals surface area contributed by atoms with E-state index >= 15 is 0 Å². The van der Waals surface area contributed by atoms with E-state index in [1.807, 2.05) is 0 Å². The number of esters is 1. The van der Waals surface area contributed by atoms with Gasteiger partial charge in [0, 0.05) is 24.5 Å². The zero-order chi connectivity index (χ0) is 20.4. The molecule has 0 aromatic heterocycles. The number of hydrogen-bond acceptors (Lipinski definition) is 8. The first-order valence-electron chi connectivity index (χ1n) is 10.4. The van der Waals surface area contributed by atoms with Gasteiger partial charge in [0.15, 0.2) is 0 Å².